The van der Waals surface area contributed by atoms with Crippen LogP contribution in [0.2, 0.25) is 0 Å². The van der Waals surface area contributed by atoms with Gasteiger partial charge in [0.15, 0.2) is 5.65 Å². The third kappa shape index (κ3) is 4.22. The van der Waals surface area contributed by atoms with Gasteiger partial charge in [-0.05, 0) is 36.6 Å². The van der Waals surface area contributed by atoms with Crippen LogP contribution in [0, 0.1) is 11.3 Å². The highest BCUT2D eigenvalue weighted by Gasteiger charge is 2.29. The zero-order valence-electron chi connectivity index (χ0n) is 18.7. The van der Waals surface area contributed by atoms with Crippen molar-refractivity contribution in [2.45, 2.75) is 37.8 Å². The Morgan fingerprint density at radius 2 is 2.12 bits per heavy atom. The van der Waals surface area contributed by atoms with Crippen LogP contribution >= 0.6 is 0 Å². The quantitative estimate of drug-likeness (QED) is 0.626. The molecule has 1 aliphatic heterocycles. The van der Waals surface area contributed by atoms with Gasteiger partial charge in [-0.15, -0.1) is 0 Å². The first-order valence-corrected chi connectivity index (χ1v) is 11.4. The summed E-state index contributed by atoms with van der Waals surface area (Å²) >= 11 is 0. The number of amides is 1. The fourth-order valence-corrected chi connectivity index (χ4v) is 4.55. The first-order chi connectivity index (χ1) is 16.6. The molecule has 34 heavy (non-hydrogen) atoms. The van der Waals surface area contributed by atoms with Gasteiger partial charge in [0.25, 0.3) is 0 Å². The van der Waals surface area contributed by atoms with Gasteiger partial charge in [-0.3, -0.25) is 4.79 Å². The van der Waals surface area contributed by atoms with E-state index in [1.165, 1.54) is 6.33 Å². The highest BCUT2D eigenvalue weighted by molar-refractivity contribution is 5.97. The largest absolute Gasteiger partial charge is 0.486 e. The monoisotopic (exact) mass is 455 g/mol. The third-order valence-electron chi connectivity index (χ3n) is 6.21. The van der Waals surface area contributed by atoms with Crippen molar-refractivity contribution in [1.29, 1.82) is 5.26 Å². The van der Waals surface area contributed by atoms with Crippen LogP contribution in [-0.2, 0) is 4.79 Å². The van der Waals surface area contributed by atoms with E-state index in [0.29, 0.717) is 36.4 Å². The van der Waals surface area contributed by atoms with Gasteiger partial charge >= 0.3 is 0 Å². The molecule has 3 aromatic rings. The van der Waals surface area contributed by atoms with Gasteiger partial charge in [0, 0.05) is 19.5 Å². The van der Waals surface area contributed by atoms with E-state index in [2.05, 4.69) is 16.0 Å². The first kappa shape index (κ1) is 21.6. The second-order valence-electron chi connectivity index (χ2n) is 8.45. The highest BCUT2D eigenvalue weighted by atomic mass is 16.5. The van der Waals surface area contributed by atoms with Gasteiger partial charge in [0.1, 0.15) is 36.1 Å². The van der Waals surface area contributed by atoms with E-state index in [0.717, 1.165) is 29.9 Å². The fraction of sp³-hybridized carbons (Fsp3) is 0.320. The summed E-state index contributed by atoms with van der Waals surface area (Å²) < 4.78 is 7.91. The zero-order chi connectivity index (χ0) is 23.5. The molecular weight excluding hydrogens is 430 g/mol. The fourth-order valence-electron chi connectivity index (χ4n) is 4.55. The molecule has 2 aliphatic rings. The number of para-hydroxylation sites is 1. The molecule has 0 spiro atoms. The van der Waals surface area contributed by atoms with Crippen LogP contribution in [-0.4, -0.2) is 49.7 Å². The van der Waals surface area contributed by atoms with E-state index < -0.39 is 0 Å². The molecule has 0 bridgehead atoms. The summed E-state index contributed by atoms with van der Waals surface area (Å²) in [6.07, 6.45) is 9.77. The normalized spacial score (nSPS) is 20.1. The van der Waals surface area contributed by atoms with Gasteiger partial charge in [0.2, 0.25) is 5.91 Å². The molecule has 0 radical (unpaired) electrons. The average molecular weight is 456 g/mol. The SMILES string of the molecule is N#CCC(=O)N1CCC[C@@H](n2nc(C3=CCC(Oc4ccccc4)C=C3)c3c(N)ncnc32)C1. The number of likely N-dealkylation sites (tertiary alicyclic amines) is 1. The van der Waals surface area contributed by atoms with Gasteiger partial charge in [0.05, 0.1) is 17.5 Å². The van der Waals surface area contributed by atoms with E-state index in [1.807, 2.05) is 53.2 Å². The summed E-state index contributed by atoms with van der Waals surface area (Å²) in [6.45, 7) is 1.14. The van der Waals surface area contributed by atoms with Crippen molar-refractivity contribution >= 4 is 28.3 Å². The number of ether oxygens (including phenoxy) is 1. The van der Waals surface area contributed by atoms with Crippen LogP contribution in [0.3, 0.4) is 0 Å². The molecule has 1 aliphatic carbocycles. The molecule has 3 heterocycles. The van der Waals surface area contributed by atoms with Crippen LogP contribution in [0.5, 0.6) is 5.75 Å². The van der Waals surface area contributed by atoms with Gasteiger partial charge in [-0.2, -0.15) is 10.4 Å². The lowest BCUT2D eigenvalue weighted by Crippen LogP contribution is -2.40. The maximum atomic E-state index is 12.3. The van der Waals surface area contributed by atoms with Crippen molar-refractivity contribution in [3.8, 4) is 11.8 Å². The lowest BCUT2D eigenvalue weighted by molar-refractivity contribution is -0.131. The number of rotatable bonds is 5. The highest BCUT2D eigenvalue weighted by Crippen LogP contribution is 2.33. The van der Waals surface area contributed by atoms with Gasteiger partial charge in [-0.1, -0.05) is 30.4 Å². The van der Waals surface area contributed by atoms with Crippen molar-refractivity contribution in [3.63, 3.8) is 0 Å². The number of hydrogen-bond acceptors (Lipinski definition) is 7. The molecule has 5 rings (SSSR count). The molecule has 1 aromatic carbocycles. The predicted molar refractivity (Wildman–Crippen MR) is 127 cm³/mol. The lowest BCUT2D eigenvalue weighted by Gasteiger charge is -2.32. The average Bonchev–Trinajstić information content (AvgIpc) is 3.26. The van der Waals surface area contributed by atoms with Crippen LogP contribution in [0.25, 0.3) is 16.6 Å². The number of aromatic nitrogens is 4. The number of nitrogens with zero attached hydrogens (tertiary/aromatic N) is 6. The zero-order valence-corrected chi connectivity index (χ0v) is 18.7. The Labute approximate surface area is 197 Å². The summed E-state index contributed by atoms with van der Waals surface area (Å²) in [5.41, 5.74) is 8.58. The topological polar surface area (TPSA) is 123 Å². The summed E-state index contributed by atoms with van der Waals surface area (Å²) in [4.78, 5) is 22.7. The Morgan fingerprint density at radius 3 is 2.88 bits per heavy atom. The molecule has 2 N–H and O–H groups in total. The van der Waals surface area contributed by atoms with E-state index in [1.54, 1.807) is 4.90 Å². The number of nitrogen functional groups attached to an aromatic ring is 1. The molecule has 9 nitrogen and oxygen atoms in total. The van der Waals surface area contributed by atoms with E-state index >= 15 is 0 Å². The van der Waals surface area contributed by atoms with Crippen molar-refractivity contribution in [2.75, 3.05) is 18.8 Å². The first-order valence-electron chi connectivity index (χ1n) is 11.4. The Balaban J connectivity index is 1.43. The molecule has 0 saturated carbocycles. The molecule has 1 saturated heterocycles. The number of carbonyl (C=O) groups excluding carboxylic acids is 1. The number of hydrogen-bond donors (Lipinski definition) is 1. The van der Waals surface area contributed by atoms with Gasteiger partial charge < -0.3 is 15.4 Å². The van der Waals surface area contributed by atoms with E-state index in [9.17, 15) is 4.79 Å². The second-order valence-corrected chi connectivity index (χ2v) is 8.45. The standard InChI is InChI=1S/C25H25N7O2/c26-13-12-21(33)31-14-4-5-18(15-31)32-25-22(24(27)28-16-29-25)23(30-32)17-8-10-20(11-9-17)34-19-6-2-1-3-7-19/h1-3,6-10,16,18,20H,4-5,11-12,14-15H2,(H2,27,28,29)/t18-,20?/m1/s1. The third-order valence-corrected chi connectivity index (χ3v) is 6.21. The summed E-state index contributed by atoms with van der Waals surface area (Å²) in [5, 5.41) is 14.5. The molecule has 1 unspecified atom stereocenters. The predicted octanol–water partition coefficient (Wildman–Crippen LogP) is 3.28. The minimum absolute atomic E-state index is 0.0516. The van der Waals surface area contributed by atoms with Crippen LogP contribution < -0.4 is 10.5 Å². The maximum Gasteiger partial charge on any atom is 0.236 e. The number of allylic oxidation sites excluding steroid dienone is 2. The Kier molecular flexibility index (Phi) is 5.95. The molecule has 2 aromatic heterocycles. The minimum atomic E-state index is -0.152. The summed E-state index contributed by atoms with van der Waals surface area (Å²) in [5.74, 6) is 1.05. The van der Waals surface area contributed by atoms with E-state index in [-0.39, 0.29) is 24.5 Å². The van der Waals surface area contributed by atoms with Crippen molar-refractivity contribution in [1.82, 2.24) is 24.6 Å². The number of carbonyl (C=O) groups is 1. The summed E-state index contributed by atoms with van der Waals surface area (Å²) in [6, 6.07) is 11.6. The smallest absolute Gasteiger partial charge is 0.236 e. The van der Waals surface area contributed by atoms with Crippen LogP contribution in [0.1, 0.15) is 37.4 Å². The number of nitrogens with two attached hydrogens (primary N) is 1. The van der Waals surface area contributed by atoms with Crippen molar-refractivity contribution in [2.24, 2.45) is 0 Å². The molecule has 172 valence electrons. The molecular formula is C25H25N7O2. The maximum absolute atomic E-state index is 12.3. The molecule has 1 amide bonds. The minimum Gasteiger partial charge on any atom is -0.486 e. The van der Waals surface area contributed by atoms with Crippen molar-refractivity contribution < 1.29 is 9.53 Å². The Hall–Kier alpha value is -4.19. The van der Waals surface area contributed by atoms with Crippen molar-refractivity contribution in [3.05, 3.63) is 60.6 Å². The number of piperidine rings is 1. The molecule has 2 atom stereocenters. The van der Waals surface area contributed by atoms with Crippen LogP contribution in [0.4, 0.5) is 5.82 Å². The van der Waals surface area contributed by atoms with E-state index in [4.69, 9.17) is 20.8 Å². The Bertz CT molecular complexity index is 1310. The molecule has 9 heteroatoms. The van der Waals surface area contributed by atoms with Crippen LogP contribution in [0.15, 0.2) is 54.9 Å². The molecule has 1 fully saturated rings. The lowest BCUT2D eigenvalue weighted by atomic mass is 10.0. The Morgan fingerprint density at radius 1 is 1.26 bits per heavy atom. The van der Waals surface area contributed by atoms with Gasteiger partial charge in [-0.25, -0.2) is 14.6 Å². The summed E-state index contributed by atoms with van der Waals surface area (Å²) in [7, 11) is 0. The number of benzene rings is 1. The number of nitriles is 1. The second kappa shape index (κ2) is 9.35. The number of anilines is 1. The number of fused-ring (bicyclic) bond motifs is 1.